The number of nitrogens with one attached hydrogen (secondary N) is 1. The molecule has 0 saturated heterocycles. The van der Waals surface area contributed by atoms with Crippen molar-refractivity contribution in [2.45, 2.75) is 13.8 Å². The molecule has 0 saturated carbocycles. The zero-order chi connectivity index (χ0) is 15.7. The Balaban J connectivity index is 1.80. The monoisotopic (exact) mass is 331 g/mol. The van der Waals surface area contributed by atoms with Crippen LogP contribution >= 0.6 is 22.7 Å². The highest BCUT2D eigenvalue weighted by molar-refractivity contribution is 7.14. The number of hydrogen-bond acceptors (Lipinski definition) is 5. The average molecular weight is 331 g/mol. The third-order valence-electron chi connectivity index (χ3n) is 3.08. The second kappa shape index (κ2) is 5.86. The van der Waals surface area contributed by atoms with Gasteiger partial charge in [-0.05, 0) is 26.0 Å². The molecule has 0 radical (unpaired) electrons. The Bertz CT molecular complexity index is 839. The maximum absolute atomic E-state index is 12.1. The lowest BCUT2D eigenvalue weighted by molar-refractivity contribution is -0.605. The Hall–Kier alpha value is -2.25. The van der Waals surface area contributed by atoms with E-state index in [1.54, 1.807) is 17.4 Å². The number of aromatic nitrogens is 2. The summed E-state index contributed by atoms with van der Waals surface area (Å²) < 4.78 is 0.597. The molecule has 0 aromatic carbocycles. The van der Waals surface area contributed by atoms with E-state index in [1.807, 2.05) is 5.38 Å². The summed E-state index contributed by atoms with van der Waals surface area (Å²) >= 11 is 3.09. The molecule has 3 heterocycles. The number of carbonyl (C=O) groups is 1. The van der Waals surface area contributed by atoms with E-state index in [2.05, 4.69) is 30.2 Å². The van der Waals surface area contributed by atoms with E-state index >= 15 is 0 Å². The molecule has 0 fully saturated rings. The number of thiazole rings is 1. The van der Waals surface area contributed by atoms with Crippen LogP contribution in [0.5, 0.6) is 0 Å². The summed E-state index contributed by atoms with van der Waals surface area (Å²) in [5.41, 5.74) is 2.25. The highest BCUT2D eigenvalue weighted by Crippen LogP contribution is 2.32. The summed E-state index contributed by atoms with van der Waals surface area (Å²) in [7, 11) is 0. The number of amides is 1. The molecule has 1 amide bonds. The van der Waals surface area contributed by atoms with Gasteiger partial charge in [0.15, 0.2) is 17.5 Å². The molecule has 112 valence electrons. The first-order valence-corrected chi connectivity index (χ1v) is 8.25. The van der Waals surface area contributed by atoms with Crippen LogP contribution in [0.1, 0.15) is 20.1 Å². The van der Waals surface area contributed by atoms with Gasteiger partial charge in [0.25, 0.3) is 5.91 Å². The molecule has 7 heteroatoms. The van der Waals surface area contributed by atoms with Gasteiger partial charge in [0.2, 0.25) is 0 Å². The lowest BCUT2D eigenvalue weighted by Gasteiger charge is -2.01. The normalized spacial score (nSPS) is 10.6. The van der Waals surface area contributed by atoms with E-state index in [0.717, 1.165) is 11.3 Å². The van der Waals surface area contributed by atoms with Crippen LogP contribution < -0.4 is 10.0 Å². The number of aryl methyl sites for hydroxylation is 2. The predicted molar refractivity (Wildman–Crippen MR) is 88.3 cm³/mol. The SMILES string of the molecule is Cc1cc(-c2csc(NC(=O)c3ccc[n+]([O-])c3)n2)c(C)s1. The molecule has 0 aliphatic heterocycles. The second-order valence-corrected chi connectivity index (χ2v) is 7.09. The number of hydrogen-bond donors (Lipinski definition) is 1. The molecule has 1 N–H and O–H groups in total. The van der Waals surface area contributed by atoms with Gasteiger partial charge in [-0.15, -0.1) is 22.7 Å². The lowest BCUT2D eigenvalue weighted by Crippen LogP contribution is -2.27. The minimum Gasteiger partial charge on any atom is -0.619 e. The van der Waals surface area contributed by atoms with Crippen molar-refractivity contribution in [1.82, 2.24) is 4.98 Å². The number of pyridine rings is 1. The maximum Gasteiger partial charge on any atom is 0.263 e. The van der Waals surface area contributed by atoms with E-state index in [9.17, 15) is 10.0 Å². The van der Waals surface area contributed by atoms with Gasteiger partial charge < -0.3 is 5.21 Å². The Morgan fingerprint density at radius 2 is 2.23 bits per heavy atom. The molecule has 3 aromatic rings. The number of rotatable bonds is 3. The fraction of sp³-hybridized carbons (Fsp3) is 0.133. The molecule has 0 aliphatic carbocycles. The highest BCUT2D eigenvalue weighted by atomic mass is 32.1. The van der Waals surface area contributed by atoms with Gasteiger partial charge in [-0.25, -0.2) is 4.98 Å². The van der Waals surface area contributed by atoms with Crippen molar-refractivity contribution in [3.8, 4) is 11.3 Å². The molecule has 3 aromatic heterocycles. The molecule has 0 aliphatic rings. The second-order valence-electron chi connectivity index (χ2n) is 4.77. The summed E-state index contributed by atoms with van der Waals surface area (Å²) in [4.78, 5) is 19.0. The molecular formula is C15H13N3O2S2. The van der Waals surface area contributed by atoms with Crippen molar-refractivity contribution in [3.05, 3.63) is 56.5 Å². The first-order valence-electron chi connectivity index (χ1n) is 6.56. The predicted octanol–water partition coefficient (Wildman–Crippen LogP) is 3.37. The van der Waals surface area contributed by atoms with Crippen molar-refractivity contribution in [2.24, 2.45) is 0 Å². The quantitative estimate of drug-likeness (QED) is 0.591. The summed E-state index contributed by atoms with van der Waals surface area (Å²) in [5, 5.41) is 16.4. The van der Waals surface area contributed by atoms with E-state index in [0.29, 0.717) is 15.4 Å². The van der Waals surface area contributed by atoms with Crippen LogP contribution in [0.3, 0.4) is 0 Å². The van der Waals surface area contributed by atoms with E-state index < -0.39 is 0 Å². The first kappa shape index (κ1) is 14.7. The molecule has 22 heavy (non-hydrogen) atoms. The molecular weight excluding hydrogens is 318 g/mol. The van der Waals surface area contributed by atoms with Gasteiger partial charge in [0.05, 0.1) is 5.69 Å². The number of thiophene rings is 1. The van der Waals surface area contributed by atoms with Crippen molar-refractivity contribution < 1.29 is 9.52 Å². The Morgan fingerprint density at radius 1 is 1.41 bits per heavy atom. The van der Waals surface area contributed by atoms with Crippen molar-refractivity contribution in [1.29, 1.82) is 0 Å². The minimum atomic E-state index is -0.343. The summed E-state index contributed by atoms with van der Waals surface area (Å²) in [5.74, 6) is -0.343. The molecule has 0 atom stereocenters. The van der Waals surface area contributed by atoms with Crippen molar-refractivity contribution in [2.75, 3.05) is 5.32 Å². The van der Waals surface area contributed by atoms with Crippen LogP contribution in [-0.2, 0) is 0 Å². The summed E-state index contributed by atoms with van der Waals surface area (Å²) in [6.07, 6.45) is 2.57. The number of carbonyl (C=O) groups excluding carboxylic acids is 1. The van der Waals surface area contributed by atoms with Gasteiger partial charge >= 0.3 is 0 Å². The third kappa shape index (κ3) is 3.00. The standard InChI is InChI=1S/C15H13N3O2S2/c1-9-6-12(10(2)22-9)13-8-21-15(16-13)17-14(19)11-4-3-5-18(20)7-11/h3-8H,1-2H3,(H,16,17,19). The zero-order valence-electron chi connectivity index (χ0n) is 12.0. The fourth-order valence-electron chi connectivity index (χ4n) is 2.10. The van der Waals surface area contributed by atoms with E-state index in [4.69, 9.17) is 0 Å². The molecule has 0 bridgehead atoms. The topological polar surface area (TPSA) is 68.9 Å². The summed E-state index contributed by atoms with van der Waals surface area (Å²) in [6.45, 7) is 4.12. The van der Waals surface area contributed by atoms with Crippen LogP contribution in [0.25, 0.3) is 11.3 Å². The smallest absolute Gasteiger partial charge is 0.263 e. The van der Waals surface area contributed by atoms with Gasteiger partial charge in [-0.3, -0.25) is 10.1 Å². The van der Waals surface area contributed by atoms with Crippen LogP contribution in [0, 0.1) is 19.1 Å². The van der Waals surface area contributed by atoms with E-state index in [-0.39, 0.29) is 5.91 Å². The highest BCUT2D eigenvalue weighted by Gasteiger charge is 2.13. The molecule has 0 spiro atoms. The molecule has 5 nitrogen and oxygen atoms in total. The Morgan fingerprint density at radius 3 is 2.91 bits per heavy atom. The molecule has 3 rings (SSSR count). The Labute approximate surface area is 135 Å². The van der Waals surface area contributed by atoms with Crippen LogP contribution in [0.2, 0.25) is 0 Å². The van der Waals surface area contributed by atoms with Gasteiger partial charge in [-0.2, -0.15) is 4.73 Å². The van der Waals surface area contributed by atoms with Gasteiger partial charge in [0, 0.05) is 26.8 Å². The average Bonchev–Trinajstić information content (AvgIpc) is 3.05. The molecule has 0 unspecified atom stereocenters. The van der Waals surface area contributed by atoms with Crippen LogP contribution in [0.15, 0.2) is 36.0 Å². The maximum atomic E-state index is 12.1. The minimum absolute atomic E-state index is 0.303. The van der Waals surface area contributed by atoms with Gasteiger partial charge in [-0.1, -0.05) is 0 Å². The van der Waals surface area contributed by atoms with Crippen LogP contribution in [0.4, 0.5) is 5.13 Å². The first-order chi connectivity index (χ1) is 10.5. The van der Waals surface area contributed by atoms with Gasteiger partial charge in [0.1, 0.15) is 5.56 Å². The van der Waals surface area contributed by atoms with Crippen molar-refractivity contribution in [3.63, 3.8) is 0 Å². The fourth-order valence-corrected chi connectivity index (χ4v) is 3.74. The largest absolute Gasteiger partial charge is 0.619 e. The number of anilines is 1. The Kier molecular flexibility index (Phi) is 3.91. The van der Waals surface area contributed by atoms with Crippen molar-refractivity contribution >= 4 is 33.7 Å². The van der Waals surface area contributed by atoms with Crippen LogP contribution in [-0.4, -0.2) is 10.9 Å². The lowest BCUT2D eigenvalue weighted by atomic mass is 10.2. The van der Waals surface area contributed by atoms with E-state index in [1.165, 1.54) is 39.6 Å². The third-order valence-corrected chi connectivity index (χ3v) is 4.80. The summed E-state index contributed by atoms with van der Waals surface area (Å²) in [6, 6.07) is 5.22. The number of nitrogens with zero attached hydrogens (tertiary/aromatic N) is 2. The zero-order valence-corrected chi connectivity index (χ0v) is 13.6.